The van der Waals surface area contributed by atoms with Gasteiger partial charge in [0.25, 0.3) is 0 Å². The minimum Gasteiger partial charge on any atom is -0.271 e. The Bertz CT molecular complexity index is 537. The van der Waals surface area contributed by atoms with Crippen molar-refractivity contribution in [2.45, 2.75) is 13.0 Å². The molecule has 1 heterocycles. The van der Waals surface area contributed by atoms with Crippen LogP contribution in [0.3, 0.4) is 0 Å². The van der Waals surface area contributed by atoms with E-state index >= 15 is 0 Å². The lowest BCUT2D eigenvalue weighted by Gasteiger charge is -2.17. The summed E-state index contributed by atoms with van der Waals surface area (Å²) in [6.07, 6.45) is 1.47. The van der Waals surface area contributed by atoms with Crippen LogP contribution in [0.25, 0.3) is 0 Å². The van der Waals surface area contributed by atoms with Gasteiger partial charge < -0.3 is 0 Å². The topological polar surface area (TPSA) is 50.9 Å². The molecule has 0 bridgehead atoms. The van der Waals surface area contributed by atoms with Crippen LogP contribution < -0.4 is 11.3 Å². The maximum Gasteiger partial charge on any atom is 0.146 e. The fraction of sp³-hybridized carbons (Fsp3) is 0.154. The maximum absolute atomic E-state index is 13.7. The number of rotatable bonds is 3. The first-order chi connectivity index (χ1) is 8.61. The molecular weight excluding hydrogens is 236 g/mol. The molecule has 0 fully saturated rings. The molecule has 3 nitrogen and oxygen atoms in total. The molecule has 5 heteroatoms. The summed E-state index contributed by atoms with van der Waals surface area (Å²) in [4.78, 5) is 3.95. The van der Waals surface area contributed by atoms with Crippen LogP contribution in [-0.2, 0) is 0 Å². The summed E-state index contributed by atoms with van der Waals surface area (Å²) < 4.78 is 27.0. The van der Waals surface area contributed by atoms with Crippen molar-refractivity contribution < 1.29 is 8.78 Å². The summed E-state index contributed by atoms with van der Waals surface area (Å²) in [6.45, 7) is 1.76. The number of nitrogens with zero attached hydrogens (tertiary/aromatic N) is 1. The molecule has 0 spiro atoms. The lowest BCUT2D eigenvalue weighted by molar-refractivity contribution is 0.539. The van der Waals surface area contributed by atoms with E-state index in [2.05, 4.69) is 10.4 Å². The van der Waals surface area contributed by atoms with Crippen LogP contribution >= 0.6 is 0 Å². The zero-order valence-corrected chi connectivity index (χ0v) is 9.82. The van der Waals surface area contributed by atoms with Gasteiger partial charge in [0.2, 0.25) is 0 Å². The Morgan fingerprint density at radius 3 is 2.67 bits per heavy atom. The zero-order chi connectivity index (χ0) is 13.1. The fourth-order valence-electron chi connectivity index (χ4n) is 1.87. The van der Waals surface area contributed by atoms with Gasteiger partial charge in [0.15, 0.2) is 0 Å². The molecule has 0 aliphatic rings. The Morgan fingerprint density at radius 2 is 2.06 bits per heavy atom. The number of pyridine rings is 1. The summed E-state index contributed by atoms with van der Waals surface area (Å²) in [6, 6.07) is 6.54. The minimum absolute atomic E-state index is 0.144. The third-order valence-electron chi connectivity index (χ3n) is 2.62. The smallest absolute Gasteiger partial charge is 0.146 e. The van der Waals surface area contributed by atoms with E-state index in [0.29, 0.717) is 5.56 Å². The van der Waals surface area contributed by atoms with Gasteiger partial charge in [-0.05, 0) is 42.3 Å². The van der Waals surface area contributed by atoms with E-state index in [1.54, 1.807) is 13.0 Å². The van der Waals surface area contributed by atoms with Gasteiger partial charge in [-0.25, -0.2) is 14.2 Å². The summed E-state index contributed by atoms with van der Waals surface area (Å²) in [5, 5.41) is 0. The SMILES string of the molecule is Cc1cc(F)cc(C(NN)c2ncccc2F)c1. The number of nitrogens with one attached hydrogen (secondary N) is 1. The van der Waals surface area contributed by atoms with E-state index in [9.17, 15) is 8.78 Å². The number of aryl methyl sites for hydroxylation is 1. The van der Waals surface area contributed by atoms with Crippen LogP contribution in [0, 0.1) is 18.6 Å². The van der Waals surface area contributed by atoms with Gasteiger partial charge in [-0.2, -0.15) is 0 Å². The number of nitrogens with two attached hydrogens (primary N) is 1. The first-order valence-corrected chi connectivity index (χ1v) is 5.45. The molecule has 18 heavy (non-hydrogen) atoms. The fourth-order valence-corrected chi connectivity index (χ4v) is 1.87. The summed E-state index contributed by atoms with van der Waals surface area (Å²) >= 11 is 0. The average Bonchev–Trinajstić information content (AvgIpc) is 2.31. The maximum atomic E-state index is 13.7. The lowest BCUT2D eigenvalue weighted by Crippen LogP contribution is -2.30. The van der Waals surface area contributed by atoms with Crippen LogP contribution in [0.4, 0.5) is 8.78 Å². The third-order valence-corrected chi connectivity index (χ3v) is 2.62. The molecule has 0 amide bonds. The van der Waals surface area contributed by atoms with Gasteiger partial charge in [0, 0.05) is 6.20 Å². The van der Waals surface area contributed by atoms with Crippen molar-refractivity contribution in [1.29, 1.82) is 0 Å². The van der Waals surface area contributed by atoms with E-state index < -0.39 is 11.9 Å². The molecule has 0 aliphatic carbocycles. The number of aromatic nitrogens is 1. The largest absolute Gasteiger partial charge is 0.271 e. The highest BCUT2D eigenvalue weighted by atomic mass is 19.1. The summed E-state index contributed by atoms with van der Waals surface area (Å²) in [5.41, 5.74) is 3.88. The molecule has 0 radical (unpaired) electrons. The highest BCUT2D eigenvalue weighted by Crippen LogP contribution is 2.23. The Balaban J connectivity index is 2.48. The molecule has 1 aromatic carbocycles. The Labute approximate surface area is 104 Å². The molecule has 1 atom stereocenters. The molecule has 1 unspecified atom stereocenters. The van der Waals surface area contributed by atoms with Crippen LogP contribution in [0.15, 0.2) is 36.5 Å². The van der Waals surface area contributed by atoms with Gasteiger partial charge in [0.05, 0.1) is 11.7 Å². The van der Waals surface area contributed by atoms with E-state index in [1.807, 2.05) is 0 Å². The van der Waals surface area contributed by atoms with Crippen molar-refractivity contribution in [2.75, 3.05) is 0 Å². The highest BCUT2D eigenvalue weighted by molar-refractivity contribution is 5.32. The van der Waals surface area contributed by atoms with Crippen LogP contribution in [-0.4, -0.2) is 4.98 Å². The number of benzene rings is 1. The number of halogens is 2. The Kier molecular flexibility index (Phi) is 3.64. The molecular formula is C13H13F2N3. The van der Waals surface area contributed by atoms with Gasteiger partial charge in [0.1, 0.15) is 11.6 Å². The molecule has 3 N–H and O–H groups in total. The summed E-state index contributed by atoms with van der Waals surface area (Å²) in [5.74, 6) is 4.56. The van der Waals surface area contributed by atoms with Crippen molar-refractivity contribution in [3.05, 3.63) is 65.0 Å². The summed E-state index contributed by atoms with van der Waals surface area (Å²) in [7, 11) is 0. The van der Waals surface area contributed by atoms with Crippen molar-refractivity contribution >= 4 is 0 Å². The van der Waals surface area contributed by atoms with Gasteiger partial charge in [-0.3, -0.25) is 10.8 Å². The van der Waals surface area contributed by atoms with E-state index in [4.69, 9.17) is 5.84 Å². The number of hydrazine groups is 1. The predicted octanol–water partition coefficient (Wildman–Crippen LogP) is 2.22. The first kappa shape index (κ1) is 12.6. The Hall–Kier alpha value is -1.85. The number of hydrogen-bond donors (Lipinski definition) is 2. The standard InChI is InChI=1S/C13H13F2N3/c1-8-5-9(7-10(14)6-8)12(18-16)13-11(15)3-2-4-17-13/h2-7,12,18H,16H2,1H3. The van der Waals surface area contributed by atoms with Gasteiger partial charge in [-0.15, -0.1) is 0 Å². The predicted molar refractivity (Wildman–Crippen MR) is 64.5 cm³/mol. The first-order valence-electron chi connectivity index (χ1n) is 5.45. The van der Waals surface area contributed by atoms with Crippen molar-refractivity contribution in [1.82, 2.24) is 10.4 Å². The second-order valence-corrected chi connectivity index (χ2v) is 4.03. The molecule has 94 valence electrons. The molecule has 2 rings (SSSR count). The zero-order valence-electron chi connectivity index (χ0n) is 9.82. The van der Waals surface area contributed by atoms with Gasteiger partial charge >= 0.3 is 0 Å². The van der Waals surface area contributed by atoms with Crippen molar-refractivity contribution in [2.24, 2.45) is 5.84 Å². The molecule has 2 aromatic rings. The molecule has 0 aliphatic heterocycles. The van der Waals surface area contributed by atoms with E-state index in [1.165, 1.54) is 30.5 Å². The third kappa shape index (κ3) is 2.52. The second-order valence-electron chi connectivity index (χ2n) is 4.03. The van der Waals surface area contributed by atoms with Crippen LogP contribution in [0.1, 0.15) is 22.9 Å². The normalized spacial score (nSPS) is 12.4. The minimum atomic E-state index is -0.680. The quantitative estimate of drug-likeness (QED) is 0.647. The van der Waals surface area contributed by atoms with Gasteiger partial charge in [-0.1, -0.05) is 6.07 Å². The molecule has 0 saturated carbocycles. The van der Waals surface area contributed by atoms with E-state index in [-0.39, 0.29) is 11.5 Å². The van der Waals surface area contributed by atoms with Crippen LogP contribution in [0.2, 0.25) is 0 Å². The monoisotopic (exact) mass is 249 g/mol. The van der Waals surface area contributed by atoms with E-state index in [0.717, 1.165) is 5.56 Å². The van der Waals surface area contributed by atoms with Crippen LogP contribution in [0.5, 0.6) is 0 Å². The second kappa shape index (κ2) is 5.20. The lowest BCUT2D eigenvalue weighted by atomic mass is 10.0. The molecule has 1 aromatic heterocycles. The Morgan fingerprint density at radius 1 is 1.28 bits per heavy atom. The highest BCUT2D eigenvalue weighted by Gasteiger charge is 2.18. The van der Waals surface area contributed by atoms with Crippen molar-refractivity contribution in [3.63, 3.8) is 0 Å². The molecule has 0 saturated heterocycles. The average molecular weight is 249 g/mol. The number of hydrogen-bond acceptors (Lipinski definition) is 3. The van der Waals surface area contributed by atoms with Crippen molar-refractivity contribution in [3.8, 4) is 0 Å².